The van der Waals surface area contributed by atoms with Crippen LogP contribution >= 0.6 is 11.3 Å². The Kier molecular flexibility index (Phi) is 6.51. The van der Waals surface area contributed by atoms with Crippen LogP contribution in [0.3, 0.4) is 0 Å². The zero-order chi connectivity index (χ0) is 20.1. The van der Waals surface area contributed by atoms with Crippen molar-refractivity contribution in [1.29, 1.82) is 0 Å². The Morgan fingerprint density at radius 3 is 2.71 bits per heavy atom. The smallest absolute Gasteiger partial charge is 0.274 e. The number of hydrogen-bond acceptors (Lipinski definition) is 6. The molecule has 1 saturated heterocycles. The highest BCUT2D eigenvalue weighted by Crippen LogP contribution is 2.27. The lowest BCUT2D eigenvalue weighted by atomic mass is 10.1. The van der Waals surface area contributed by atoms with Crippen LogP contribution in [0.5, 0.6) is 0 Å². The van der Waals surface area contributed by atoms with Crippen molar-refractivity contribution < 1.29 is 9.18 Å². The van der Waals surface area contributed by atoms with Gasteiger partial charge < -0.3 is 10.2 Å². The predicted octanol–water partition coefficient (Wildman–Crippen LogP) is 4.66. The van der Waals surface area contributed by atoms with Crippen molar-refractivity contribution in [3.05, 3.63) is 47.0 Å². The van der Waals surface area contributed by atoms with E-state index >= 15 is 0 Å². The predicted molar refractivity (Wildman–Crippen MR) is 110 cm³/mol. The average Bonchev–Trinajstić information content (AvgIpc) is 3.40. The van der Waals surface area contributed by atoms with Crippen LogP contribution in [0.15, 0.2) is 29.9 Å². The van der Waals surface area contributed by atoms with Crippen LogP contribution in [0.4, 0.5) is 10.3 Å². The first-order valence-electron chi connectivity index (χ1n) is 9.53. The molecular weight excluding hydrogens is 377 g/mol. The summed E-state index contributed by atoms with van der Waals surface area (Å²) in [7, 11) is 0. The number of anilines is 1. The molecule has 148 valence electrons. The Labute approximate surface area is 167 Å². The number of likely N-dealkylation sites (tertiary alicyclic amines) is 1. The van der Waals surface area contributed by atoms with Crippen molar-refractivity contribution in [1.82, 2.24) is 19.9 Å². The Morgan fingerprint density at radius 2 is 2.00 bits per heavy atom. The van der Waals surface area contributed by atoms with Crippen LogP contribution in [-0.4, -0.2) is 38.8 Å². The maximum absolute atomic E-state index is 13.4. The summed E-state index contributed by atoms with van der Waals surface area (Å²) >= 11 is 1.47. The molecule has 4 rings (SSSR count). The van der Waals surface area contributed by atoms with Crippen LogP contribution in [0.1, 0.15) is 55.7 Å². The van der Waals surface area contributed by atoms with Crippen molar-refractivity contribution in [2.24, 2.45) is 0 Å². The number of hydrogen-bond donors (Lipinski definition) is 1. The molecule has 3 aromatic rings. The number of fused-ring (bicyclic) bond motifs is 1. The van der Waals surface area contributed by atoms with E-state index in [-0.39, 0.29) is 11.9 Å². The fourth-order valence-electron chi connectivity index (χ4n) is 3.09. The van der Waals surface area contributed by atoms with E-state index in [1.165, 1.54) is 17.4 Å². The molecule has 0 bridgehead atoms. The molecule has 0 radical (unpaired) electrons. The number of carbonyl (C=O) groups excluding carboxylic acids is 1. The van der Waals surface area contributed by atoms with Gasteiger partial charge in [-0.2, -0.15) is 0 Å². The van der Waals surface area contributed by atoms with Crippen molar-refractivity contribution in [3.63, 3.8) is 0 Å². The van der Waals surface area contributed by atoms with Crippen LogP contribution < -0.4 is 5.32 Å². The van der Waals surface area contributed by atoms with E-state index in [4.69, 9.17) is 0 Å². The molecule has 8 heteroatoms. The van der Waals surface area contributed by atoms with Gasteiger partial charge in [0.1, 0.15) is 5.82 Å². The molecule has 0 aliphatic carbocycles. The Bertz CT molecular complexity index is 955. The third-order valence-electron chi connectivity index (χ3n) is 4.47. The summed E-state index contributed by atoms with van der Waals surface area (Å²) in [6.07, 6.45) is 4.81. The van der Waals surface area contributed by atoms with Gasteiger partial charge in [-0.3, -0.25) is 9.78 Å². The van der Waals surface area contributed by atoms with Crippen molar-refractivity contribution in [2.45, 2.75) is 39.7 Å². The number of thiophene rings is 1. The molecule has 1 amide bonds. The van der Waals surface area contributed by atoms with E-state index in [0.29, 0.717) is 17.2 Å². The number of halogens is 1. The van der Waals surface area contributed by atoms with Crippen molar-refractivity contribution in [3.8, 4) is 0 Å². The van der Waals surface area contributed by atoms with Crippen molar-refractivity contribution >= 4 is 33.4 Å². The molecule has 28 heavy (non-hydrogen) atoms. The molecular formula is C20H24FN5OS. The molecule has 0 aromatic carbocycles. The molecule has 1 aliphatic heterocycles. The zero-order valence-electron chi connectivity index (χ0n) is 16.3. The highest BCUT2D eigenvalue weighted by atomic mass is 32.1. The average molecular weight is 402 g/mol. The summed E-state index contributed by atoms with van der Waals surface area (Å²) in [6.45, 7) is 7.41. The van der Waals surface area contributed by atoms with Gasteiger partial charge in [-0.25, -0.2) is 14.4 Å². The topological polar surface area (TPSA) is 71.0 Å². The molecule has 0 saturated carbocycles. The van der Waals surface area contributed by atoms with Crippen LogP contribution in [0, 0.1) is 5.82 Å². The van der Waals surface area contributed by atoms with Crippen LogP contribution in [0.25, 0.3) is 10.2 Å². The lowest BCUT2D eigenvalue weighted by Crippen LogP contribution is -2.28. The fourth-order valence-corrected chi connectivity index (χ4v) is 3.90. The number of nitrogens with one attached hydrogen (secondary N) is 1. The first kappa shape index (κ1) is 20.1. The Balaban J connectivity index is 0.00000109. The second kappa shape index (κ2) is 9.05. The summed E-state index contributed by atoms with van der Waals surface area (Å²) in [5.41, 5.74) is 1.85. The Morgan fingerprint density at radius 1 is 1.25 bits per heavy atom. The largest absolute Gasteiger partial charge is 0.348 e. The third-order valence-corrected chi connectivity index (χ3v) is 5.38. The van der Waals surface area contributed by atoms with E-state index in [1.807, 2.05) is 37.1 Å². The molecule has 1 unspecified atom stereocenters. The lowest BCUT2D eigenvalue weighted by Gasteiger charge is -2.17. The first-order valence-corrected chi connectivity index (χ1v) is 10.4. The minimum Gasteiger partial charge on any atom is -0.348 e. The highest BCUT2D eigenvalue weighted by molar-refractivity contribution is 7.17. The molecule has 1 N–H and O–H groups in total. The normalized spacial score (nSPS) is 14.5. The second-order valence-electron chi connectivity index (χ2n) is 6.33. The van der Waals surface area contributed by atoms with E-state index < -0.39 is 5.82 Å². The number of amides is 1. The first-order chi connectivity index (χ1) is 13.6. The summed E-state index contributed by atoms with van der Waals surface area (Å²) in [4.78, 5) is 27.6. The summed E-state index contributed by atoms with van der Waals surface area (Å²) in [5.74, 6) is -0.0917. The van der Waals surface area contributed by atoms with Gasteiger partial charge in [0.25, 0.3) is 5.91 Å². The molecule has 6 nitrogen and oxygen atoms in total. The standard InChI is InChI=1S/C18H18FN5OS.C2H6/c1-11(12-8-13(19)10-20-9-12)21-18-22-14-4-7-26-16(14)15(23-18)17(25)24-5-2-3-6-24;1-2/h4,7-11H,2-3,5-6H2,1H3,(H,21,22,23);1-2H3. The third kappa shape index (κ3) is 4.27. The minimum atomic E-state index is -0.393. The van der Waals surface area contributed by atoms with Gasteiger partial charge in [-0.1, -0.05) is 13.8 Å². The summed E-state index contributed by atoms with van der Waals surface area (Å²) < 4.78 is 14.2. The maximum Gasteiger partial charge on any atom is 0.274 e. The number of carbonyl (C=O) groups is 1. The molecule has 1 fully saturated rings. The molecule has 1 aliphatic rings. The maximum atomic E-state index is 13.4. The van der Waals surface area contributed by atoms with E-state index in [2.05, 4.69) is 20.3 Å². The van der Waals surface area contributed by atoms with E-state index in [0.717, 1.165) is 42.3 Å². The number of pyridine rings is 1. The van der Waals surface area contributed by atoms with Crippen LogP contribution in [-0.2, 0) is 0 Å². The quantitative estimate of drug-likeness (QED) is 0.688. The van der Waals surface area contributed by atoms with Crippen molar-refractivity contribution in [2.75, 3.05) is 18.4 Å². The molecule has 3 aromatic heterocycles. The minimum absolute atomic E-state index is 0.0551. The molecule has 1 atom stereocenters. The van der Waals surface area contributed by atoms with Gasteiger partial charge in [0.05, 0.1) is 22.5 Å². The second-order valence-corrected chi connectivity index (χ2v) is 7.25. The van der Waals surface area contributed by atoms with Gasteiger partial charge in [0.2, 0.25) is 5.95 Å². The number of rotatable bonds is 4. The van der Waals surface area contributed by atoms with Gasteiger partial charge >= 0.3 is 0 Å². The lowest BCUT2D eigenvalue weighted by molar-refractivity contribution is 0.0789. The fraction of sp³-hybridized carbons (Fsp3) is 0.400. The summed E-state index contributed by atoms with van der Waals surface area (Å²) in [5, 5.41) is 5.06. The molecule has 4 heterocycles. The van der Waals surface area contributed by atoms with Gasteiger partial charge in [0.15, 0.2) is 5.69 Å². The molecule has 0 spiro atoms. The van der Waals surface area contributed by atoms with E-state index in [1.54, 1.807) is 6.20 Å². The Hall–Kier alpha value is -2.61. The highest BCUT2D eigenvalue weighted by Gasteiger charge is 2.24. The monoisotopic (exact) mass is 401 g/mol. The van der Waals surface area contributed by atoms with E-state index in [9.17, 15) is 9.18 Å². The SMILES string of the molecule is CC.CC(Nc1nc(C(=O)N2CCCC2)c2sccc2n1)c1cncc(F)c1. The van der Waals surface area contributed by atoms with Crippen LogP contribution in [0.2, 0.25) is 0 Å². The van der Waals surface area contributed by atoms with Gasteiger partial charge in [0, 0.05) is 19.3 Å². The zero-order valence-corrected chi connectivity index (χ0v) is 17.1. The number of nitrogens with zero attached hydrogens (tertiary/aromatic N) is 4. The number of aromatic nitrogens is 3. The van der Waals surface area contributed by atoms with Gasteiger partial charge in [-0.15, -0.1) is 11.3 Å². The van der Waals surface area contributed by atoms with Gasteiger partial charge in [-0.05, 0) is 42.8 Å². The summed E-state index contributed by atoms with van der Waals surface area (Å²) in [6, 6.07) is 3.05.